The maximum Gasteiger partial charge on any atom is 0.248 e. The summed E-state index contributed by atoms with van der Waals surface area (Å²) in [7, 11) is 0. The Morgan fingerprint density at radius 2 is 2.00 bits per heavy atom. The third-order valence-corrected chi connectivity index (χ3v) is 1.27. The lowest BCUT2D eigenvalue weighted by Crippen LogP contribution is -2.19. The normalized spacial score (nSPS) is 11.3. The molecule has 0 aliphatic heterocycles. The van der Waals surface area contributed by atoms with Crippen LogP contribution in [-0.4, -0.2) is 18.0 Å². The van der Waals surface area contributed by atoms with Crippen LogP contribution in [0.2, 0.25) is 0 Å². The number of amides is 1. The first-order valence-electron chi connectivity index (χ1n) is 3.77. The predicted molar refractivity (Wildman–Crippen MR) is 52.6 cm³/mol. The molecule has 0 rings (SSSR count). The number of carbonyl (C=O) groups is 1. The summed E-state index contributed by atoms with van der Waals surface area (Å²) in [5, 5.41) is 9.35. The summed E-state index contributed by atoms with van der Waals surface area (Å²) in [6, 6.07) is 0. The van der Waals surface area contributed by atoms with E-state index < -0.39 is 5.91 Å². The van der Waals surface area contributed by atoms with Gasteiger partial charge in [-0.05, 0) is 20.8 Å². The molecule has 4 N–H and O–H groups in total. The second-order valence-corrected chi connectivity index (χ2v) is 2.69. The zero-order valence-corrected chi connectivity index (χ0v) is 8.01. The minimum Gasteiger partial charge on any atom is -0.366 e. The van der Waals surface area contributed by atoms with Crippen molar-refractivity contribution >= 4 is 18.0 Å². The van der Waals surface area contributed by atoms with Crippen molar-refractivity contribution in [2.45, 2.75) is 20.8 Å². The SMILES string of the molecule is CC(C)=N/C(NC=N)=C(/C)C(N)=O. The van der Waals surface area contributed by atoms with Crippen LogP contribution < -0.4 is 11.1 Å². The summed E-state index contributed by atoms with van der Waals surface area (Å²) in [6.45, 7) is 5.14. The Balaban J connectivity index is 4.99. The first kappa shape index (κ1) is 11.4. The standard InChI is InChI=1S/C8H14N4O/c1-5(2)12-8(11-4-9)6(3)7(10)13/h4H,1-3H3,(H2,9,11)(H2,10,13)/b8-6-. The van der Waals surface area contributed by atoms with E-state index in [1.54, 1.807) is 20.8 Å². The van der Waals surface area contributed by atoms with Gasteiger partial charge in [0.1, 0.15) is 5.82 Å². The highest BCUT2D eigenvalue weighted by molar-refractivity contribution is 5.93. The zero-order chi connectivity index (χ0) is 10.4. The fourth-order valence-corrected chi connectivity index (χ4v) is 0.633. The van der Waals surface area contributed by atoms with Crippen LogP contribution >= 0.6 is 0 Å². The summed E-state index contributed by atoms with van der Waals surface area (Å²) in [5.41, 5.74) is 6.15. The van der Waals surface area contributed by atoms with Crippen LogP contribution in [-0.2, 0) is 4.79 Å². The van der Waals surface area contributed by atoms with Crippen molar-refractivity contribution < 1.29 is 4.79 Å². The van der Waals surface area contributed by atoms with Gasteiger partial charge in [0.2, 0.25) is 5.91 Å². The molecular weight excluding hydrogens is 168 g/mol. The largest absolute Gasteiger partial charge is 0.366 e. The van der Waals surface area contributed by atoms with Crippen molar-refractivity contribution in [2.24, 2.45) is 10.7 Å². The molecule has 0 heterocycles. The molecule has 0 radical (unpaired) electrons. The number of hydrogen-bond acceptors (Lipinski definition) is 3. The van der Waals surface area contributed by atoms with Crippen LogP contribution in [0.5, 0.6) is 0 Å². The summed E-state index contributed by atoms with van der Waals surface area (Å²) in [4.78, 5) is 14.8. The van der Waals surface area contributed by atoms with Gasteiger partial charge in [0.25, 0.3) is 0 Å². The molecular formula is C8H14N4O. The Morgan fingerprint density at radius 1 is 1.46 bits per heavy atom. The Bertz CT molecular complexity index is 274. The van der Waals surface area contributed by atoms with Crippen molar-refractivity contribution in [1.82, 2.24) is 5.32 Å². The Morgan fingerprint density at radius 3 is 2.31 bits per heavy atom. The molecule has 0 bridgehead atoms. The number of aliphatic imine (C=N–C) groups is 1. The molecule has 0 aliphatic rings. The topological polar surface area (TPSA) is 91.3 Å². The van der Waals surface area contributed by atoms with Gasteiger partial charge in [0, 0.05) is 5.71 Å². The van der Waals surface area contributed by atoms with Gasteiger partial charge < -0.3 is 11.1 Å². The first-order valence-corrected chi connectivity index (χ1v) is 3.77. The third-order valence-electron chi connectivity index (χ3n) is 1.27. The molecule has 0 saturated heterocycles. The first-order chi connectivity index (χ1) is 5.99. The zero-order valence-electron chi connectivity index (χ0n) is 8.01. The highest BCUT2D eigenvalue weighted by Crippen LogP contribution is 2.01. The average Bonchev–Trinajstić information content (AvgIpc) is 2.01. The van der Waals surface area contributed by atoms with Gasteiger partial charge in [-0.2, -0.15) is 0 Å². The minimum atomic E-state index is -0.547. The van der Waals surface area contributed by atoms with E-state index in [-0.39, 0.29) is 0 Å². The Labute approximate surface area is 77.2 Å². The van der Waals surface area contributed by atoms with Crippen molar-refractivity contribution in [3.8, 4) is 0 Å². The molecule has 1 amide bonds. The Hall–Kier alpha value is -1.65. The summed E-state index contributed by atoms with van der Waals surface area (Å²) < 4.78 is 0. The van der Waals surface area contributed by atoms with E-state index in [1.165, 1.54) is 0 Å². The van der Waals surface area contributed by atoms with Gasteiger partial charge in [-0.1, -0.05) is 0 Å². The monoisotopic (exact) mass is 182 g/mol. The number of nitrogens with two attached hydrogens (primary N) is 1. The second kappa shape index (κ2) is 5.08. The van der Waals surface area contributed by atoms with Gasteiger partial charge in [-0.25, -0.2) is 4.99 Å². The van der Waals surface area contributed by atoms with E-state index in [2.05, 4.69) is 10.3 Å². The minimum absolute atomic E-state index is 0.310. The quantitative estimate of drug-likeness (QED) is 0.333. The fraction of sp³-hybridized carbons (Fsp3) is 0.375. The van der Waals surface area contributed by atoms with Gasteiger partial charge in [-0.3, -0.25) is 10.2 Å². The second-order valence-electron chi connectivity index (χ2n) is 2.69. The van der Waals surface area contributed by atoms with E-state index >= 15 is 0 Å². The number of hydrogen-bond donors (Lipinski definition) is 3. The molecule has 0 spiro atoms. The van der Waals surface area contributed by atoms with E-state index in [1.807, 2.05) is 0 Å². The lowest BCUT2D eigenvalue weighted by atomic mass is 10.3. The van der Waals surface area contributed by atoms with Crippen LogP contribution in [0.25, 0.3) is 0 Å². The van der Waals surface area contributed by atoms with Crippen LogP contribution in [0, 0.1) is 5.41 Å². The molecule has 0 aliphatic carbocycles. The van der Waals surface area contributed by atoms with Crippen molar-refractivity contribution in [2.75, 3.05) is 0 Å². The predicted octanol–water partition coefficient (Wildman–Crippen LogP) is 0.381. The van der Waals surface area contributed by atoms with E-state index in [0.717, 1.165) is 12.1 Å². The van der Waals surface area contributed by atoms with Crippen molar-refractivity contribution in [1.29, 1.82) is 5.41 Å². The van der Waals surface area contributed by atoms with Crippen LogP contribution in [0.4, 0.5) is 0 Å². The van der Waals surface area contributed by atoms with Crippen molar-refractivity contribution in [3.05, 3.63) is 11.4 Å². The van der Waals surface area contributed by atoms with Crippen molar-refractivity contribution in [3.63, 3.8) is 0 Å². The summed E-state index contributed by atoms with van der Waals surface area (Å²) >= 11 is 0. The smallest absolute Gasteiger partial charge is 0.248 e. The molecule has 13 heavy (non-hydrogen) atoms. The molecule has 0 saturated carbocycles. The summed E-state index contributed by atoms with van der Waals surface area (Å²) in [6.07, 6.45) is 0.953. The van der Waals surface area contributed by atoms with Gasteiger partial charge in [0.15, 0.2) is 0 Å². The number of nitrogens with one attached hydrogen (secondary N) is 2. The molecule has 0 aromatic rings. The molecule has 0 unspecified atom stereocenters. The number of rotatable bonds is 4. The average molecular weight is 182 g/mol. The highest BCUT2D eigenvalue weighted by atomic mass is 16.1. The molecule has 0 fully saturated rings. The van der Waals surface area contributed by atoms with Gasteiger partial charge in [0.05, 0.1) is 11.9 Å². The molecule has 5 heteroatoms. The van der Waals surface area contributed by atoms with Crippen LogP contribution in [0.15, 0.2) is 16.4 Å². The maximum absolute atomic E-state index is 10.8. The lowest BCUT2D eigenvalue weighted by molar-refractivity contribution is -0.114. The third kappa shape index (κ3) is 4.05. The van der Waals surface area contributed by atoms with E-state index in [9.17, 15) is 4.79 Å². The van der Waals surface area contributed by atoms with Gasteiger partial charge >= 0.3 is 0 Å². The molecule has 0 aromatic carbocycles. The van der Waals surface area contributed by atoms with Crippen LogP contribution in [0.3, 0.4) is 0 Å². The molecule has 72 valence electrons. The van der Waals surface area contributed by atoms with Gasteiger partial charge in [-0.15, -0.1) is 0 Å². The molecule has 0 atom stereocenters. The number of primary amides is 1. The maximum atomic E-state index is 10.8. The fourth-order valence-electron chi connectivity index (χ4n) is 0.633. The van der Waals surface area contributed by atoms with E-state index in [4.69, 9.17) is 11.1 Å². The number of carbonyl (C=O) groups excluding carboxylic acids is 1. The summed E-state index contributed by atoms with van der Waals surface area (Å²) in [5.74, 6) is -0.225. The molecule has 5 nitrogen and oxygen atoms in total. The number of nitrogens with zero attached hydrogens (tertiary/aromatic N) is 1. The van der Waals surface area contributed by atoms with Crippen LogP contribution in [0.1, 0.15) is 20.8 Å². The molecule has 0 aromatic heterocycles. The lowest BCUT2D eigenvalue weighted by Gasteiger charge is -2.04. The van der Waals surface area contributed by atoms with E-state index in [0.29, 0.717) is 11.4 Å². The Kier molecular flexibility index (Phi) is 4.43. The highest BCUT2D eigenvalue weighted by Gasteiger charge is 2.04.